The zero-order valence-corrected chi connectivity index (χ0v) is 6.21. The van der Waals surface area contributed by atoms with Gasteiger partial charge in [0.2, 0.25) is 0 Å². The number of aromatic nitrogens is 2. The standard InChI is InChI=1S/C6H8N4O2/c7-6(9-12)3-10-2-5(4-11)1-8-10/h1-2,4,12H,3H2,(H2,7,9). The van der Waals surface area contributed by atoms with Crippen LogP contribution in [0.15, 0.2) is 17.5 Å². The third kappa shape index (κ3) is 1.82. The Morgan fingerprint density at radius 3 is 3.17 bits per heavy atom. The van der Waals surface area contributed by atoms with Gasteiger partial charge in [-0.25, -0.2) is 0 Å². The fourth-order valence-corrected chi connectivity index (χ4v) is 0.724. The lowest BCUT2D eigenvalue weighted by Gasteiger charge is -1.96. The average molecular weight is 168 g/mol. The van der Waals surface area contributed by atoms with Crippen LogP contribution in [0.25, 0.3) is 0 Å². The van der Waals surface area contributed by atoms with Crippen LogP contribution in [-0.4, -0.2) is 27.1 Å². The molecule has 3 N–H and O–H groups in total. The molecule has 1 aromatic rings. The quantitative estimate of drug-likeness (QED) is 0.208. The molecule has 0 aromatic carbocycles. The first kappa shape index (κ1) is 8.25. The molecule has 0 saturated carbocycles. The number of nitrogens with zero attached hydrogens (tertiary/aromatic N) is 3. The van der Waals surface area contributed by atoms with E-state index >= 15 is 0 Å². The fourth-order valence-electron chi connectivity index (χ4n) is 0.724. The first-order valence-electron chi connectivity index (χ1n) is 3.20. The van der Waals surface area contributed by atoms with Crippen molar-refractivity contribution in [3.05, 3.63) is 18.0 Å². The van der Waals surface area contributed by atoms with Gasteiger partial charge in [0.05, 0.1) is 11.8 Å². The fraction of sp³-hybridized carbons (Fsp3) is 0.167. The summed E-state index contributed by atoms with van der Waals surface area (Å²) in [5.74, 6) is 0.0375. The molecule has 0 atom stereocenters. The van der Waals surface area contributed by atoms with Crippen LogP contribution in [0.3, 0.4) is 0 Å². The third-order valence-electron chi connectivity index (χ3n) is 1.24. The molecule has 1 heterocycles. The molecule has 0 amide bonds. The Balaban J connectivity index is 2.70. The van der Waals surface area contributed by atoms with Gasteiger partial charge >= 0.3 is 0 Å². The molecule has 0 spiro atoms. The highest BCUT2D eigenvalue weighted by Crippen LogP contribution is 1.92. The van der Waals surface area contributed by atoms with Crippen molar-refractivity contribution in [3.8, 4) is 0 Å². The number of aldehydes is 1. The summed E-state index contributed by atoms with van der Waals surface area (Å²) < 4.78 is 1.40. The lowest BCUT2D eigenvalue weighted by molar-refractivity contribution is 0.112. The minimum absolute atomic E-state index is 0.0375. The molecule has 64 valence electrons. The van der Waals surface area contributed by atoms with Crippen molar-refractivity contribution >= 4 is 12.1 Å². The van der Waals surface area contributed by atoms with Gasteiger partial charge < -0.3 is 10.9 Å². The summed E-state index contributed by atoms with van der Waals surface area (Å²) in [6.45, 7) is 0.171. The Bertz CT molecular complexity index is 304. The van der Waals surface area contributed by atoms with Gasteiger partial charge in [0, 0.05) is 6.20 Å². The van der Waals surface area contributed by atoms with E-state index in [1.54, 1.807) is 0 Å². The Hall–Kier alpha value is -1.85. The Labute approximate surface area is 68.3 Å². The van der Waals surface area contributed by atoms with Gasteiger partial charge in [-0.2, -0.15) is 5.10 Å². The summed E-state index contributed by atoms with van der Waals surface area (Å²) in [5.41, 5.74) is 5.67. The number of rotatable bonds is 3. The maximum Gasteiger partial charge on any atom is 0.160 e. The van der Waals surface area contributed by atoms with Crippen molar-refractivity contribution in [1.29, 1.82) is 0 Å². The van der Waals surface area contributed by atoms with Crippen LogP contribution in [0.2, 0.25) is 0 Å². The number of carbonyl (C=O) groups excluding carboxylic acids is 1. The van der Waals surface area contributed by atoms with Gasteiger partial charge in [-0.05, 0) is 0 Å². The van der Waals surface area contributed by atoms with Gasteiger partial charge in [-0.1, -0.05) is 5.16 Å². The molecular formula is C6H8N4O2. The minimum Gasteiger partial charge on any atom is -0.409 e. The Morgan fingerprint density at radius 1 is 1.92 bits per heavy atom. The second kappa shape index (κ2) is 3.51. The summed E-state index contributed by atoms with van der Waals surface area (Å²) in [6, 6.07) is 0. The number of carbonyl (C=O) groups is 1. The predicted molar refractivity (Wildman–Crippen MR) is 41.0 cm³/mol. The van der Waals surface area contributed by atoms with E-state index < -0.39 is 0 Å². The molecule has 12 heavy (non-hydrogen) atoms. The van der Waals surface area contributed by atoms with Gasteiger partial charge in [0.1, 0.15) is 6.54 Å². The summed E-state index contributed by atoms with van der Waals surface area (Å²) in [5, 5.41) is 14.8. The highest BCUT2D eigenvalue weighted by Gasteiger charge is 1.98. The number of amidine groups is 1. The van der Waals surface area contributed by atoms with Crippen LogP contribution in [-0.2, 0) is 6.54 Å². The van der Waals surface area contributed by atoms with E-state index in [2.05, 4.69) is 10.3 Å². The molecule has 1 rings (SSSR count). The van der Waals surface area contributed by atoms with Crippen molar-refractivity contribution in [2.75, 3.05) is 0 Å². The molecule has 0 aliphatic heterocycles. The summed E-state index contributed by atoms with van der Waals surface area (Å²) in [7, 11) is 0. The van der Waals surface area contributed by atoms with E-state index in [1.807, 2.05) is 0 Å². The normalized spacial score (nSPS) is 11.5. The maximum atomic E-state index is 10.2. The van der Waals surface area contributed by atoms with Crippen LogP contribution in [0, 0.1) is 0 Å². The zero-order valence-electron chi connectivity index (χ0n) is 6.21. The predicted octanol–water partition coefficient (Wildman–Crippen LogP) is -0.558. The molecule has 0 unspecified atom stereocenters. The number of hydrogen-bond donors (Lipinski definition) is 2. The smallest absolute Gasteiger partial charge is 0.160 e. The molecule has 0 saturated heterocycles. The SMILES string of the molecule is N/C(Cn1cc(C=O)cn1)=N\O. The highest BCUT2D eigenvalue weighted by atomic mass is 16.4. The lowest BCUT2D eigenvalue weighted by Crippen LogP contribution is -2.19. The van der Waals surface area contributed by atoms with E-state index in [4.69, 9.17) is 10.9 Å². The van der Waals surface area contributed by atoms with Crippen LogP contribution in [0.1, 0.15) is 10.4 Å². The van der Waals surface area contributed by atoms with E-state index in [9.17, 15) is 4.79 Å². The number of nitrogens with two attached hydrogens (primary N) is 1. The lowest BCUT2D eigenvalue weighted by atomic mass is 10.4. The molecule has 6 nitrogen and oxygen atoms in total. The van der Waals surface area contributed by atoms with Crippen LogP contribution in [0.4, 0.5) is 0 Å². The van der Waals surface area contributed by atoms with Crippen molar-refractivity contribution in [2.24, 2.45) is 10.9 Å². The van der Waals surface area contributed by atoms with E-state index in [1.165, 1.54) is 17.1 Å². The van der Waals surface area contributed by atoms with E-state index in [0.29, 0.717) is 11.8 Å². The minimum atomic E-state index is 0.0375. The zero-order chi connectivity index (χ0) is 8.97. The van der Waals surface area contributed by atoms with Crippen molar-refractivity contribution < 1.29 is 10.0 Å². The second-order valence-electron chi connectivity index (χ2n) is 2.18. The van der Waals surface area contributed by atoms with E-state index in [-0.39, 0.29) is 12.4 Å². The van der Waals surface area contributed by atoms with Crippen LogP contribution >= 0.6 is 0 Å². The molecule has 6 heteroatoms. The molecule has 0 fully saturated rings. The first-order chi connectivity index (χ1) is 5.76. The monoisotopic (exact) mass is 168 g/mol. The van der Waals surface area contributed by atoms with Gasteiger partial charge in [-0.3, -0.25) is 9.48 Å². The molecule has 0 aliphatic carbocycles. The summed E-state index contributed by atoms with van der Waals surface area (Å²) >= 11 is 0. The van der Waals surface area contributed by atoms with Gasteiger partial charge in [0.25, 0.3) is 0 Å². The van der Waals surface area contributed by atoms with E-state index in [0.717, 1.165) is 0 Å². The molecule has 0 aliphatic rings. The average Bonchev–Trinajstić information content (AvgIpc) is 2.52. The topological polar surface area (TPSA) is 93.5 Å². The highest BCUT2D eigenvalue weighted by molar-refractivity contribution is 5.79. The van der Waals surface area contributed by atoms with Crippen LogP contribution < -0.4 is 5.73 Å². The largest absolute Gasteiger partial charge is 0.409 e. The number of hydrogen-bond acceptors (Lipinski definition) is 4. The second-order valence-corrected chi connectivity index (χ2v) is 2.18. The number of oxime groups is 1. The molecule has 0 bridgehead atoms. The van der Waals surface area contributed by atoms with Gasteiger partial charge in [-0.15, -0.1) is 0 Å². The Morgan fingerprint density at radius 2 is 2.67 bits per heavy atom. The van der Waals surface area contributed by atoms with Gasteiger partial charge in [0.15, 0.2) is 12.1 Å². The maximum absolute atomic E-state index is 10.2. The molecule has 0 radical (unpaired) electrons. The van der Waals surface area contributed by atoms with Crippen molar-refractivity contribution in [3.63, 3.8) is 0 Å². The molecule has 1 aromatic heterocycles. The van der Waals surface area contributed by atoms with Crippen molar-refractivity contribution in [2.45, 2.75) is 6.54 Å². The third-order valence-corrected chi connectivity index (χ3v) is 1.24. The summed E-state index contributed by atoms with van der Waals surface area (Å²) in [6.07, 6.45) is 3.58. The molecular weight excluding hydrogens is 160 g/mol. The first-order valence-corrected chi connectivity index (χ1v) is 3.20. The Kier molecular flexibility index (Phi) is 2.42. The van der Waals surface area contributed by atoms with Crippen LogP contribution in [0.5, 0.6) is 0 Å². The van der Waals surface area contributed by atoms with Crippen molar-refractivity contribution in [1.82, 2.24) is 9.78 Å². The summed E-state index contributed by atoms with van der Waals surface area (Å²) in [4.78, 5) is 10.2.